The number of benzene rings is 2. The van der Waals surface area contributed by atoms with Crippen molar-refractivity contribution in [3.8, 4) is 5.75 Å². The summed E-state index contributed by atoms with van der Waals surface area (Å²) in [6.45, 7) is 0. The number of nitrogens with one attached hydrogen (secondary N) is 1. The fourth-order valence-corrected chi connectivity index (χ4v) is 3.12. The first-order chi connectivity index (χ1) is 13.9. The summed E-state index contributed by atoms with van der Waals surface area (Å²) in [5, 5.41) is 16.1. The first-order valence-corrected chi connectivity index (χ1v) is 8.60. The molecule has 9 nitrogen and oxygen atoms in total. The second kappa shape index (κ2) is 6.79. The monoisotopic (exact) mass is 392 g/mol. The fraction of sp³-hybridized carbons (Fsp3) is 0.100. The molecule has 0 aliphatic rings. The van der Waals surface area contributed by atoms with Gasteiger partial charge in [-0.2, -0.15) is 9.61 Å². The minimum atomic E-state index is -1.22. The van der Waals surface area contributed by atoms with Crippen LogP contribution in [-0.4, -0.2) is 38.3 Å². The molecular weight excluding hydrogens is 376 g/mol. The van der Waals surface area contributed by atoms with Crippen molar-refractivity contribution in [3.05, 3.63) is 70.1 Å². The van der Waals surface area contributed by atoms with E-state index in [-0.39, 0.29) is 11.6 Å². The highest BCUT2D eigenvalue weighted by Crippen LogP contribution is 2.20. The summed E-state index contributed by atoms with van der Waals surface area (Å²) in [6.07, 6.45) is 0. The van der Waals surface area contributed by atoms with Crippen LogP contribution in [0.1, 0.15) is 20.8 Å². The Labute approximate surface area is 163 Å². The molecule has 0 spiro atoms. The van der Waals surface area contributed by atoms with Gasteiger partial charge in [-0.05, 0) is 42.5 Å². The second-order valence-electron chi connectivity index (χ2n) is 6.38. The van der Waals surface area contributed by atoms with E-state index in [0.717, 1.165) is 4.52 Å². The molecule has 0 atom stereocenters. The van der Waals surface area contributed by atoms with Crippen molar-refractivity contribution >= 4 is 34.1 Å². The van der Waals surface area contributed by atoms with E-state index in [1.165, 1.54) is 6.07 Å². The van der Waals surface area contributed by atoms with Crippen molar-refractivity contribution in [3.63, 3.8) is 0 Å². The van der Waals surface area contributed by atoms with Gasteiger partial charge in [0.05, 0.1) is 18.0 Å². The van der Waals surface area contributed by atoms with Crippen molar-refractivity contribution in [1.82, 2.24) is 14.2 Å². The number of rotatable bonds is 4. The highest BCUT2D eigenvalue weighted by molar-refractivity contribution is 6.05. The molecule has 29 heavy (non-hydrogen) atoms. The second-order valence-corrected chi connectivity index (χ2v) is 6.38. The highest BCUT2D eigenvalue weighted by Gasteiger charge is 2.16. The lowest BCUT2D eigenvalue weighted by Crippen LogP contribution is -2.19. The van der Waals surface area contributed by atoms with Gasteiger partial charge in [0.15, 0.2) is 5.69 Å². The van der Waals surface area contributed by atoms with Crippen LogP contribution in [0.25, 0.3) is 16.6 Å². The number of nitrogens with zero attached hydrogens (tertiary/aromatic N) is 3. The lowest BCUT2D eigenvalue weighted by molar-refractivity contribution is 0.0690. The molecule has 2 aromatic heterocycles. The Morgan fingerprint density at radius 2 is 1.83 bits per heavy atom. The number of ether oxygens (including phenoxy) is 1. The minimum Gasteiger partial charge on any atom is -0.497 e. The zero-order valence-electron chi connectivity index (χ0n) is 15.5. The third kappa shape index (κ3) is 3.08. The fourth-order valence-electron chi connectivity index (χ4n) is 3.12. The molecule has 146 valence electrons. The number of fused-ring (bicyclic) bond motifs is 2. The van der Waals surface area contributed by atoms with Crippen LogP contribution in [-0.2, 0) is 7.05 Å². The molecule has 2 aromatic carbocycles. The van der Waals surface area contributed by atoms with E-state index in [1.807, 2.05) is 0 Å². The Balaban J connectivity index is 1.76. The Kier molecular flexibility index (Phi) is 4.27. The molecule has 4 rings (SSSR count). The summed E-state index contributed by atoms with van der Waals surface area (Å²) in [4.78, 5) is 36.5. The number of carboxylic acid groups (broad SMARTS) is 1. The van der Waals surface area contributed by atoms with Gasteiger partial charge in [0.1, 0.15) is 11.4 Å². The number of carboxylic acids is 1. The van der Waals surface area contributed by atoms with Crippen LogP contribution in [0.15, 0.2) is 53.3 Å². The van der Waals surface area contributed by atoms with Gasteiger partial charge in [-0.25, -0.2) is 4.79 Å². The lowest BCUT2D eigenvalue weighted by Gasteiger charge is -2.10. The number of carbonyl (C=O) groups is 2. The van der Waals surface area contributed by atoms with Crippen LogP contribution >= 0.6 is 0 Å². The van der Waals surface area contributed by atoms with Gasteiger partial charge in [0.2, 0.25) is 0 Å². The Morgan fingerprint density at radius 3 is 2.48 bits per heavy atom. The Morgan fingerprint density at radius 1 is 1.10 bits per heavy atom. The molecule has 0 unspecified atom stereocenters. The van der Waals surface area contributed by atoms with Gasteiger partial charge < -0.3 is 19.7 Å². The van der Waals surface area contributed by atoms with Gasteiger partial charge in [-0.1, -0.05) is 0 Å². The van der Waals surface area contributed by atoms with E-state index in [2.05, 4.69) is 10.4 Å². The lowest BCUT2D eigenvalue weighted by atomic mass is 10.1. The third-order valence-corrected chi connectivity index (χ3v) is 4.64. The average molecular weight is 392 g/mol. The van der Waals surface area contributed by atoms with Crippen LogP contribution in [0.5, 0.6) is 5.75 Å². The van der Waals surface area contributed by atoms with Crippen LogP contribution < -0.4 is 15.6 Å². The zero-order chi connectivity index (χ0) is 20.7. The van der Waals surface area contributed by atoms with Gasteiger partial charge in [0.25, 0.3) is 11.5 Å². The zero-order valence-corrected chi connectivity index (χ0v) is 15.5. The Hall–Kier alpha value is -4.14. The molecule has 4 aromatic rings. The summed E-state index contributed by atoms with van der Waals surface area (Å²) in [5.41, 5.74) is 1.12. The molecule has 0 saturated carbocycles. The van der Waals surface area contributed by atoms with Crippen LogP contribution in [0.2, 0.25) is 0 Å². The van der Waals surface area contributed by atoms with E-state index >= 15 is 0 Å². The number of aryl methyl sites for hydroxylation is 1. The predicted molar refractivity (Wildman–Crippen MR) is 106 cm³/mol. The third-order valence-electron chi connectivity index (χ3n) is 4.64. The van der Waals surface area contributed by atoms with Gasteiger partial charge in [-0.15, -0.1) is 0 Å². The van der Waals surface area contributed by atoms with Crippen molar-refractivity contribution in [2.75, 3.05) is 12.4 Å². The maximum Gasteiger partial charge on any atom is 0.356 e. The molecule has 0 radical (unpaired) electrons. The largest absolute Gasteiger partial charge is 0.497 e. The summed E-state index contributed by atoms with van der Waals surface area (Å²) in [5.74, 6) is -0.915. The van der Waals surface area contributed by atoms with Crippen LogP contribution in [0.3, 0.4) is 0 Å². The molecule has 9 heteroatoms. The molecule has 1 amide bonds. The maximum absolute atomic E-state index is 12.8. The van der Waals surface area contributed by atoms with Crippen molar-refractivity contribution < 1.29 is 19.4 Å². The van der Waals surface area contributed by atoms with Crippen molar-refractivity contribution in [2.24, 2.45) is 7.05 Å². The summed E-state index contributed by atoms with van der Waals surface area (Å²) < 4.78 is 7.79. The number of aromatic nitrogens is 3. The van der Waals surface area contributed by atoms with E-state index in [4.69, 9.17) is 9.84 Å². The maximum atomic E-state index is 12.8. The number of aromatic carboxylic acids is 1. The normalized spacial score (nSPS) is 11.0. The van der Waals surface area contributed by atoms with E-state index in [9.17, 15) is 14.4 Å². The summed E-state index contributed by atoms with van der Waals surface area (Å²) in [7, 11) is 3.25. The average Bonchev–Trinajstić information content (AvgIpc) is 3.18. The molecule has 0 bridgehead atoms. The van der Waals surface area contributed by atoms with E-state index in [1.54, 1.807) is 61.2 Å². The summed E-state index contributed by atoms with van der Waals surface area (Å²) >= 11 is 0. The van der Waals surface area contributed by atoms with Crippen LogP contribution in [0, 0.1) is 0 Å². The van der Waals surface area contributed by atoms with E-state index < -0.39 is 11.5 Å². The number of hydrogen-bond acceptors (Lipinski definition) is 5. The first kappa shape index (κ1) is 18.2. The molecule has 2 N–H and O–H groups in total. The quantitative estimate of drug-likeness (QED) is 0.550. The van der Waals surface area contributed by atoms with E-state index in [0.29, 0.717) is 33.6 Å². The first-order valence-electron chi connectivity index (χ1n) is 8.60. The van der Waals surface area contributed by atoms with Crippen molar-refractivity contribution in [2.45, 2.75) is 0 Å². The number of hydrogen-bond donors (Lipinski definition) is 2. The van der Waals surface area contributed by atoms with Crippen molar-refractivity contribution in [1.29, 1.82) is 0 Å². The molecule has 0 aliphatic heterocycles. The number of anilines is 1. The minimum absolute atomic E-state index is 0.221. The van der Waals surface area contributed by atoms with Gasteiger partial charge in [0, 0.05) is 24.4 Å². The van der Waals surface area contributed by atoms with Crippen LogP contribution in [0.4, 0.5) is 5.69 Å². The molecule has 0 saturated heterocycles. The molecule has 2 heterocycles. The van der Waals surface area contributed by atoms with Gasteiger partial charge >= 0.3 is 5.97 Å². The number of amides is 1. The Bertz CT molecular complexity index is 1340. The number of carbonyl (C=O) groups excluding carboxylic acids is 1. The highest BCUT2D eigenvalue weighted by atomic mass is 16.5. The predicted octanol–water partition coefficient (Wildman–Crippen LogP) is 2.15. The molecule has 0 fully saturated rings. The molecular formula is C20H16N4O5. The number of methoxy groups -OCH3 is 1. The van der Waals surface area contributed by atoms with Gasteiger partial charge in [-0.3, -0.25) is 9.59 Å². The SMILES string of the molecule is COc1ccc(C(=O)Nc2ccc3c(c2)c(=O)n2nc(C(=O)O)cc2n3C)cc1. The topological polar surface area (TPSA) is 115 Å². The molecule has 0 aliphatic carbocycles. The standard InChI is InChI=1S/C20H16N4O5/c1-23-16-8-5-12(21-18(25)11-3-6-13(29-2)7-4-11)9-14(16)19(26)24-17(23)10-15(22-24)20(27)28/h3-10H,1-2H3,(H,21,25)(H,27,28). The smallest absolute Gasteiger partial charge is 0.356 e. The summed E-state index contributed by atoms with van der Waals surface area (Å²) in [6, 6.07) is 12.9.